The molecule has 4 nitrogen and oxygen atoms in total. The van der Waals surface area contributed by atoms with Gasteiger partial charge in [0, 0.05) is 6.54 Å². The molecule has 1 N–H and O–H groups in total. The minimum atomic E-state index is -0.616. The molecule has 2 rings (SSSR count). The zero-order valence-electron chi connectivity index (χ0n) is 13.6. The number of hydrogen-bond donors (Lipinski definition) is 1. The summed E-state index contributed by atoms with van der Waals surface area (Å²) in [6.45, 7) is 6.67. The molecule has 1 atom stereocenters. The van der Waals surface area contributed by atoms with E-state index in [0.717, 1.165) is 44.9 Å². The molecule has 1 aliphatic heterocycles. The summed E-state index contributed by atoms with van der Waals surface area (Å²) in [5, 5.41) is 3.08. The van der Waals surface area contributed by atoms with Crippen molar-refractivity contribution in [2.75, 3.05) is 6.54 Å². The lowest BCUT2D eigenvalue weighted by Crippen LogP contribution is -2.70. The average Bonchev–Trinajstić information content (AvgIpc) is 2.45. The number of carbonyl (C=O) groups excluding carboxylic acids is 2. The molecule has 1 heterocycles. The van der Waals surface area contributed by atoms with Crippen LogP contribution in [0.2, 0.25) is 0 Å². The molecule has 0 aromatic heterocycles. The Labute approximate surface area is 128 Å². The Morgan fingerprint density at radius 2 is 1.95 bits per heavy atom. The molecule has 0 radical (unpaired) electrons. The van der Waals surface area contributed by atoms with Gasteiger partial charge in [0.1, 0.15) is 11.6 Å². The van der Waals surface area contributed by atoms with Crippen LogP contribution in [0.4, 0.5) is 0 Å². The zero-order valence-corrected chi connectivity index (χ0v) is 13.6. The third-order valence-electron chi connectivity index (χ3n) is 4.68. The van der Waals surface area contributed by atoms with Gasteiger partial charge in [-0.3, -0.25) is 9.59 Å². The van der Waals surface area contributed by atoms with Crippen molar-refractivity contribution in [1.82, 2.24) is 10.2 Å². The Kier molecular flexibility index (Phi) is 5.07. The van der Waals surface area contributed by atoms with Crippen molar-refractivity contribution in [2.45, 2.75) is 77.3 Å². The maximum absolute atomic E-state index is 13.0. The number of nitrogens with one attached hydrogen (secondary N) is 1. The molecule has 0 bridgehead atoms. The average molecular weight is 292 g/mol. The number of rotatable bonds is 4. The summed E-state index contributed by atoms with van der Waals surface area (Å²) in [5.41, 5.74) is 0.566. The van der Waals surface area contributed by atoms with Crippen molar-refractivity contribution in [3.8, 4) is 0 Å². The van der Waals surface area contributed by atoms with E-state index < -0.39 is 5.54 Å². The van der Waals surface area contributed by atoms with Crippen LogP contribution in [0, 0.1) is 0 Å². The summed E-state index contributed by atoms with van der Waals surface area (Å²) in [6.07, 6.45) is 8.51. The molecule has 2 amide bonds. The first-order valence-corrected chi connectivity index (χ1v) is 8.26. The van der Waals surface area contributed by atoms with Gasteiger partial charge < -0.3 is 10.2 Å². The molecule has 1 saturated heterocycles. The Bertz CT molecular complexity index is 432. The topological polar surface area (TPSA) is 49.4 Å². The van der Waals surface area contributed by atoms with Crippen molar-refractivity contribution in [3.63, 3.8) is 0 Å². The number of allylic oxidation sites excluding steroid dienone is 1. The first kappa shape index (κ1) is 16.1. The van der Waals surface area contributed by atoms with Crippen molar-refractivity contribution >= 4 is 11.8 Å². The van der Waals surface area contributed by atoms with Gasteiger partial charge in [-0.1, -0.05) is 44.3 Å². The summed E-state index contributed by atoms with van der Waals surface area (Å²) in [5.74, 6) is 0.179. The zero-order chi connectivity index (χ0) is 15.5. The largest absolute Gasteiger partial charge is 0.340 e. The third-order valence-corrected chi connectivity index (χ3v) is 4.68. The van der Waals surface area contributed by atoms with Crippen LogP contribution in [0.1, 0.15) is 65.7 Å². The molecule has 1 aliphatic carbocycles. The number of nitrogens with zero attached hydrogens (tertiary/aromatic N) is 1. The summed E-state index contributed by atoms with van der Waals surface area (Å²) < 4.78 is 0. The monoisotopic (exact) mass is 292 g/mol. The quantitative estimate of drug-likeness (QED) is 0.810. The number of carbonyl (C=O) groups is 2. The van der Waals surface area contributed by atoms with Crippen LogP contribution in [0.3, 0.4) is 0 Å². The van der Waals surface area contributed by atoms with E-state index in [9.17, 15) is 9.59 Å². The van der Waals surface area contributed by atoms with Crippen LogP contribution in [-0.4, -0.2) is 34.8 Å². The van der Waals surface area contributed by atoms with Gasteiger partial charge in [-0.15, -0.1) is 0 Å². The highest BCUT2D eigenvalue weighted by atomic mass is 16.2. The molecular weight excluding hydrogens is 264 g/mol. The van der Waals surface area contributed by atoms with Gasteiger partial charge in [0.25, 0.3) is 0 Å². The highest BCUT2D eigenvalue weighted by molar-refractivity contribution is 6.00. The SMILES string of the molecule is CCCC1C(=O)NC2(CCCCC2)C(=O)N1CC=C(C)C. The summed E-state index contributed by atoms with van der Waals surface area (Å²) in [7, 11) is 0. The Hall–Kier alpha value is -1.32. The highest BCUT2D eigenvalue weighted by Crippen LogP contribution is 2.34. The molecule has 1 unspecified atom stereocenters. The van der Waals surface area contributed by atoms with Gasteiger partial charge in [0.05, 0.1) is 0 Å². The number of piperazine rings is 1. The lowest BCUT2D eigenvalue weighted by atomic mass is 9.78. The second-order valence-electron chi connectivity index (χ2n) is 6.68. The van der Waals surface area contributed by atoms with E-state index in [2.05, 4.69) is 18.3 Å². The van der Waals surface area contributed by atoms with Gasteiger partial charge in [0.15, 0.2) is 0 Å². The lowest BCUT2D eigenvalue weighted by molar-refractivity contribution is -0.156. The Balaban J connectivity index is 2.26. The molecule has 118 valence electrons. The fraction of sp³-hybridized carbons (Fsp3) is 0.765. The molecular formula is C17H28N2O2. The van der Waals surface area contributed by atoms with Gasteiger partial charge in [-0.05, 0) is 33.1 Å². The first-order chi connectivity index (χ1) is 10.00. The van der Waals surface area contributed by atoms with Crippen LogP contribution in [-0.2, 0) is 9.59 Å². The van der Waals surface area contributed by atoms with Crippen molar-refractivity contribution in [2.24, 2.45) is 0 Å². The van der Waals surface area contributed by atoms with Gasteiger partial charge >= 0.3 is 0 Å². The molecule has 2 aliphatic rings. The summed E-state index contributed by atoms with van der Waals surface area (Å²) >= 11 is 0. The normalized spacial score (nSPS) is 24.9. The number of hydrogen-bond acceptors (Lipinski definition) is 2. The van der Waals surface area contributed by atoms with Gasteiger partial charge in [0.2, 0.25) is 11.8 Å². The molecule has 4 heteroatoms. The minimum absolute atomic E-state index is 0.0421. The fourth-order valence-corrected chi connectivity index (χ4v) is 3.48. The maximum Gasteiger partial charge on any atom is 0.249 e. The minimum Gasteiger partial charge on any atom is -0.340 e. The van der Waals surface area contributed by atoms with Gasteiger partial charge in [-0.2, -0.15) is 0 Å². The first-order valence-electron chi connectivity index (χ1n) is 8.26. The van der Waals surface area contributed by atoms with Crippen molar-refractivity contribution in [3.05, 3.63) is 11.6 Å². The van der Waals surface area contributed by atoms with E-state index in [1.807, 2.05) is 18.7 Å². The van der Waals surface area contributed by atoms with Crippen LogP contribution in [0.5, 0.6) is 0 Å². The van der Waals surface area contributed by atoms with Crippen molar-refractivity contribution in [1.29, 1.82) is 0 Å². The second-order valence-corrected chi connectivity index (χ2v) is 6.68. The summed E-state index contributed by atoms with van der Waals surface area (Å²) in [6, 6.07) is -0.300. The fourth-order valence-electron chi connectivity index (χ4n) is 3.48. The summed E-state index contributed by atoms with van der Waals surface area (Å²) in [4.78, 5) is 27.4. The van der Waals surface area contributed by atoms with Crippen LogP contribution in [0.15, 0.2) is 11.6 Å². The second kappa shape index (κ2) is 6.63. The van der Waals surface area contributed by atoms with Crippen LogP contribution in [0.25, 0.3) is 0 Å². The molecule has 0 aromatic carbocycles. The predicted octanol–water partition coefficient (Wildman–Crippen LogP) is 2.78. The smallest absolute Gasteiger partial charge is 0.249 e. The van der Waals surface area contributed by atoms with Crippen LogP contribution >= 0.6 is 0 Å². The molecule has 1 saturated carbocycles. The third kappa shape index (κ3) is 3.30. The van der Waals surface area contributed by atoms with Crippen LogP contribution < -0.4 is 5.32 Å². The van der Waals surface area contributed by atoms with E-state index in [0.29, 0.717) is 6.54 Å². The molecule has 1 spiro atoms. The Morgan fingerprint density at radius 1 is 1.29 bits per heavy atom. The van der Waals surface area contributed by atoms with Crippen molar-refractivity contribution < 1.29 is 9.59 Å². The van der Waals surface area contributed by atoms with E-state index in [1.54, 1.807) is 0 Å². The highest BCUT2D eigenvalue weighted by Gasteiger charge is 2.50. The molecule has 2 fully saturated rings. The molecule has 21 heavy (non-hydrogen) atoms. The standard InChI is InChI=1S/C17H28N2O2/c1-4-8-14-15(20)18-17(10-6-5-7-11-17)16(21)19(14)12-9-13(2)3/h9,14H,4-8,10-12H2,1-3H3,(H,18,20). The van der Waals surface area contributed by atoms with E-state index in [4.69, 9.17) is 0 Å². The maximum atomic E-state index is 13.0. The van der Waals surface area contributed by atoms with E-state index in [1.165, 1.54) is 5.57 Å². The molecule has 0 aromatic rings. The lowest BCUT2D eigenvalue weighted by Gasteiger charge is -2.47. The number of amides is 2. The van der Waals surface area contributed by atoms with E-state index in [-0.39, 0.29) is 17.9 Å². The predicted molar refractivity (Wildman–Crippen MR) is 83.8 cm³/mol. The Morgan fingerprint density at radius 3 is 2.52 bits per heavy atom. The van der Waals surface area contributed by atoms with E-state index >= 15 is 0 Å². The van der Waals surface area contributed by atoms with Gasteiger partial charge in [-0.25, -0.2) is 0 Å².